The first-order valence-corrected chi connectivity index (χ1v) is 13.1. The lowest BCUT2D eigenvalue weighted by atomic mass is 9.97. The van der Waals surface area contributed by atoms with Gasteiger partial charge in [0, 0.05) is 17.4 Å². The summed E-state index contributed by atoms with van der Waals surface area (Å²) >= 11 is 0. The maximum atomic E-state index is 13.5. The van der Waals surface area contributed by atoms with Gasteiger partial charge in [-0.25, -0.2) is 13.2 Å². The molecule has 2 aromatic carbocycles. The molecule has 0 aliphatic carbocycles. The van der Waals surface area contributed by atoms with Crippen LogP contribution in [0.15, 0.2) is 46.9 Å². The number of hydrogen-bond acceptors (Lipinski definition) is 6. The second kappa shape index (κ2) is 9.62. The Morgan fingerprint density at radius 2 is 1.71 bits per heavy atom. The van der Waals surface area contributed by atoms with E-state index in [2.05, 4.69) is 0 Å². The van der Waals surface area contributed by atoms with Crippen molar-refractivity contribution in [2.75, 3.05) is 10.6 Å². The fraction of sp³-hybridized carbons (Fsp3) is 0.385. The van der Waals surface area contributed by atoms with E-state index in [0.717, 1.165) is 24.7 Å². The molecule has 0 radical (unpaired) electrons. The van der Waals surface area contributed by atoms with E-state index in [1.165, 1.54) is 12.1 Å². The van der Waals surface area contributed by atoms with Crippen molar-refractivity contribution >= 4 is 38.6 Å². The molecular weight excluding hydrogens is 454 g/mol. The zero-order chi connectivity index (χ0) is 25.3. The van der Waals surface area contributed by atoms with Crippen LogP contribution in [0.25, 0.3) is 11.0 Å². The molecule has 0 fully saturated rings. The molecule has 34 heavy (non-hydrogen) atoms. The van der Waals surface area contributed by atoms with Crippen LogP contribution >= 0.6 is 0 Å². The number of sulfonamides is 1. The fourth-order valence-electron chi connectivity index (χ4n) is 3.61. The van der Waals surface area contributed by atoms with Gasteiger partial charge in [0.2, 0.25) is 10.0 Å². The van der Waals surface area contributed by atoms with Crippen LogP contribution in [-0.4, -0.2) is 32.2 Å². The van der Waals surface area contributed by atoms with E-state index in [-0.39, 0.29) is 11.5 Å². The van der Waals surface area contributed by atoms with Crippen molar-refractivity contribution in [1.82, 2.24) is 0 Å². The van der Waals surface area contributed by atoms with E-state index in [1.807, 2.05) is 26.0 Å². The number of hydrogen-bond donors (Lipinski definition) is 0. The predicted octanol–water partition coefficient (Wildman–Crippen LogP) is 6.02. The first kappa shape index (κ1) is 25.5. The molecule has 0 aliphatic rings. The topological polar surface area (TPSA) is 93.9 Å². The first-order valence-electron chi connectivity index (χ1n) is 11.2. The van der Waals surface area contributed by atoms with E-state index in [9.17, 15) is 18.0 Å². The fourth-order valence-corrected chi connectivity index (χ4v) is 4.41. The van der Waals surface area contributed by atoms with Crippen LogP contribution in [0.2, 0.25) is 0 Å². The molecule has 3 aromatic rings. The maximum absolute atomic E-state index is 13.5. The first-order chi connectivity index (χ1) is 15.8. The molecule has 3 rings (SSSR count). The number of ketones is 1. The molecule has 0 atom stereocenters. The van der Waals surface area contributed by atoms with Gasteiger partial charge in [-0.3, -0.25) is 4.79 Å². The molecule has 0 saturated carbocycles. The second-order valence-electron chi connectivity index (χ2n) is 9.39. The third-order valence-corrected chi connectivity index (χ3v) is 6.19. The number of unbranched alkanes of at least 4 members (excludes halogenated alkanes) is 1. The Labute approximate surface area is 200 Å². The SMILES string of the molecule is CCCCc1oc2ccc(N(C(=O)OC(C)(C)C)S(C)(=O)=O)cc2c1C(=O)c1ccc(C)cc1. The maximum Gasteiger partial charge on any atom is 0.428 e. The number of furan rings is 1. The average molecular weight is 486 g/mol. The number of benzene rings is 2. The zero-order valence-corrected chi connectivity index (χ0v) is 21.3. The molecule has 0 N–H and O–H groups in total. The number of fused-ring (bicyclic) bond motifs is 1. The van der Waals surface area contributed by atoms with Crippen molar-refractivity contribution in [3.05, 3.63) is 64.9 Å². The summed E-state index contributed by atoms with van der Waals surface area (Å²) in [5.41, 5.74) is 1.55. The highest BCUT2D eigenvalue weighted by Crippen LogP contribution is 2.34. The summed E-state index contributed by atoms with van der Waals surface area (Å²) in [6.45, 7) is 8.96. The predicted molar refractivity (Wildman–Crippen MR) is 133 cm³/mol. The van der Waals surface area contributed by atoms with E-state index >= 15 is 0 Å². The molecule has 7 nitrogen and oxygen atoms in total. The van der Waals surface area contributed by atoms with Crippen LogP contribution in [0.4, 0.5) is 10.5 Å². The number of rotatable bonds is 7. The largest absolute Gasteiger partial charge is 0.460 e. The highest BCUT2D eigenvalue weighted by Gasteiger charge is 2.31. The molecule has 1 heterocycles. The van der Waals surface area contributed by atoms with Crippen LogP contribution in [0.3, 0.4) is 0 Å². The molecule has 0 spiro atoms. The molecule has 0 saturated heterocycles. The van der Waals surface area contributed by atoms with Crippen LogP contribution < -0.4 is 4.31 Å². The summed E-state index contributed by atoms with van der Waals surface area (Å²) < 4.78 is 37.1. The van der Waals surface area contributed by atoms with Crippen LogP contribution in [0, 0.1) is 6.92 Å². The lowest BCUT2D eigenvalue weighted by Crippen LogP contribution is -2.40. The van der Waals surface area contributed by atoms with Gasteiger partial charge in [0.1, 0.15) is 16.9 Å². The van der Waals surface area contributed by atoms with Crippen molar-refractivity contribution in [2.24, 2.45) is 0 Å². The van der Waals surface area contributed by atoms with Crippen molar-refractivity contribution in [1.29, 1.82) is 0 Å². The van der Waals surface area contributed by atoms with Gasteiger partial charge in [-0.15, -0.1) is 0 Å². The Kier molecular flexibility index (Phi) is 7.21. The summed E-state index contributed by atoms with van der Waals surface area (Å²) in [4.78, 5) is 26.3. The van der Waals surface area contributed by atoms with Crippen molar-refractivity contribution in [3.8, 4) is 0 Å². The molecule has 182 valence electrons. The number of ether oxygens (including phenoxy) is 1. The monoisotopic (exact) mass is 485 g/mol. The minimum atomic E-state index is -4.01. The molecule has 1 aromatic heterocycles. The number of anilines is 1. The third-order valence-electron chi connectivity index (χ3n) is 5.17. The van der Waals surface area contributed by atoms with E-state index < -0.39 is 21.7 Å². The van der Waals surface area contributed by atoms with Crippen molar-refractivity contribution in [3.63, 3.8) is 0 Å². The van der Waals surface area contributed by atoms with Gasteiger partial charge in [0.15, 0.2) is 5.78 Å². The average Bonchev–Trinajstić information content (AvgIpc) is 3.07. The molecular formula is C26H31NO6S. The Morgan fingerprint density at radius 3 is 2.26 bits per heavy atom. The van der Waals surface area contributed by atoms with Gasteiger partial charge in [-0.1, -0.05) is 43.2 Å². The lowest BCUT2D eigenvalue weighted by Gasteiger charge is -2.25. The Morgan fingerprint density at radius 1 is 1.06 bits per heavy atom. The summed E-state index contributed by atoms with van der Waals surface area (Å²) in [6, 6.07) is 11.8. The number of carbonyl (C=O) groups excluding carboxylic acids is 2. The molecule has 0 aliphatic heterocycles. The second-order valence-corrected chi connectivity index (χ2v) is 11.2. The third kappa shape index (κ3) is 5.67. The normalized spacial score (nSPS) is 12.1. The van der Waals surface area contributed by atoms with Gasteiger partial charge in [0.05, 0.1) is 17.5 Å². The van der Waals surface area contributed by atoms with Gasteiger partial charge in [0.25, 0.3) is 0 Å². The van der Waals surface area contributed by atoms with E-state index in [1.54, 1.807) is 39.0 Å². The Bertz CT molecular complexity index is 1310. The van der Waals surface area contributed by atoms with Crippen molar-refractivity contribution in [2.45, 2.75) is 59.5 Å². The standard InChI is InChI=1S/C26H31NO6S/c1-7-8-9-22-23(24(28)18-12-10-17(2)11-13-18)20-16-19(14-15-21(20)32-22)27(34(6,30)31)25(29)33-26(3,4)5/h10-16H,7-9H2,1-6H3. The molecule has 0 bridgehead atoms. The molecule has 8 heteroatoms. The minimum absolute atomic E-state index is 0.0741. The number of carbonyl (C=O) groups is 2. The minimum Gasteiger partial charge on any atom is -0.460 e. The summed E-state index contributed by atoms with van der Waals surface area (Å²) in [5.74, 6) is 0.327. The van der Waals surface area contributed by atoms with Crippen molar-refractivity contribution < 1.29 is 27.2 Å². The Balaban J connectivity index is 2.19. The van der Waals surface area contributed by atoms with Gasteiger partial charge < -0.3 is 9.15 Å². The number of nitrogens with zero attached hydrogens (tertiary/aromatic N) is 1. The van der Waals surface area contributed by atoms with E-state index in [4.69, 9.17) is 9.15 Å². The highest BCUT2D eigenvalue weighted by molar-refractivity contribution is 7.92. The Hall–Kier alpha value is -3.13. The van der Waals surface area contributed by atoms with Crippen LogP contribution in [0.1, 0.15) is 67.8 Å². The highest BCUT2D eigenvalue weighted by atomic mass is 32.2. The summed E-state index contributed by atoms with van der Waals surface area (Å²) in [6.07, 6.45) is 2.22. The number of aryl methyl sites for hydroxylation is 2. The summed E-state index contributed by atoms with van der Waals surface area (Å²) in [7, 11) is -4.01. The van der Waals surface area contributed by atoms with Crippen LogP contribution in [0.5, 0.6) is 0 Å². The molecule has 1 amide bonds. The van der Waals surface area contributed by atoms with Gasteiger partial charge in [-0.05, 0) is 52.3 Å². The smallest absolute Gasteiger partial charge is 0.428 e. The lowest BCUT2D eigenvalue weighted by molar-refractivity contribution is 0.0609. The van der Waals surface area contributed by atoms with Gasteiger partial charge in [-0.2, -0.15) is 4.31 Å². The zero-order valence-electron chi connectivity index (χ0n) is 20.5. The molecule has 0 unspecified atom stereocenters. The van der Waals surface area contributed by atoms with E-state index in [0.29, 0.717) is 38.6 Å². The number of amides is 1. The summed E-state index contributed by atoms with van der Waals surface area (Å²) in [5, 5.41) is 0.450. The quantitative estimate of drug-likeness (QED) is 0.380. The van der Waals surface area contributed by atoms with Crippen LogP contribution in [-0.2, 0) is 21.2 Å². The van der Waals surface area contributed by atoms with Gasteiger partial charge >= 0.3 is 6.09 Å².